The largest absolute Gasteiger partial charge is 0.463 e. The molecule has 3 heterocycles. The summed E-state index contributed by atoms with van der Waals surface area (Å²) in [6, 6.07) is 36.3. The number of hydrogen-bond donors (Lipinski definition) is 0. The summed E-state index contributed by atoms with van der Waals surface area (Å²) in [6.07, 6.45) is 4.10. The Morgan fingerprint density at radius 2 is 0.743 bits per heavy atom. The Bertz CT molecular complexity index is 3210. The second kappa shape index (κ2) is 19.8. The monoisotopic (exact) mass is 1020 g/mol. The average Bonchev–Trinajstić information content (AvgIpc) is 3.42. The molecule has 70 heavy (non-hydrogen) atoms. The van der Waals surface area contributed by atoms with Crippen molar-refractivity contribution < 1.29 is 54.3 Å². The highest BCUT2D eigenvalue weighted by atomic mass is 31.2. The molecule has 12 bridgehead atoms. The highest BCUT2D eigenvalue weighted by Gasteiger charge is 2.33. The van der Waals surface area contributed by atoms with Gasteiger partial charge in [-0.25, -0.2) is 0 Å². The quantitative estimate of drug-likeness (QED) is 0.135. The molecule has 0 radical (unpaired) electrons. The lowest BCUT2D eigenvalue weighted by Gasteiger charge is -2.27. The average molecular weight is 1020 g/mol. The van der Waals surface area contributed by atoms with Crippen LogP contribution in [-0.2, 0) is 35.5 Å². The van der Waals surface area contributed by atoms with Crippen LogP contribution < -0.4 is 31.7 Å². The number of allylic oxidation sites excluding steroid dienone is 2. The second-order valence-corrected chi connectivity index (χ2v) is 22.4. The summed E-state index contributed by atoms with van der Waals surface area (Å²) in [7, 11) is -7.73. The van der Waals surface area contributed by atoms with Gasteiger partial charge in [0, 0.05) is 40.7 Å². The van der Waals surface area contributed by atoms with E-state index < -0.39 is 34.4 Å². The molecule has 4 atom stereocenters. The fraction of sp³-hybridized carbons (Fsp3) is 0.259. The molecule has 0 aromatic heterocycles. The molecule has 12 nitrogen and oxygen atoms in total. The van der Waals surface area contributed by atoms with E-state index in [4.69, 9.17) is 54.3 Å². The van der Waals surface area contributed by atoms with Crippen LogP contribution in [0, 0.1) is 0 Å². The minimum atomic E-state index is -2.02. The van der Waals surface area contributed by atoms with Crippen molar-refractivity contribution in [2.75, 3.05) is 0 Å². The molecule has 0 fully saturated rings. The van der Waals surface area contributed by atoms with Gasteiger partial charge in [0.05, 0.1) is 24.4 Å². The van der Waals surface area contributed by atoms with Gasteiger partial charge >= 0.3 is 34.4 Å². The Labute approximate surface area is 412 Å². The maximum Gasteiger partial charge on any atom is 0.463 e. The molecule has 0 amide bonds. The summed E-state index contributed by atoms with van der Waals surface area (Å²) in [5.41, 5.74) is 5.49. The van der Waals surface area contributed by atoms with Gasteiger partial charge in [-0.1, -0.05) is 48.5 Å². The van der Waals surface area contributed by atoms with Crippen molar-refractivity contribution in [3.05, 3.63) is 149 Å². The van der Waals surface area contributed by atoms with E-state index in [0.29, 0.717) is 58.8 Å². The van der Waals surface area contributed by atoms with E-state index in [1.54, 1.807) is 0 Å². The molecule has 7 aromatic rings. The Balaban J connectivity index is 1.12. The summed E-state index contributed by atoms with van der Waals surface area (Å²) in [6.45, 7) is 15.7. The summed E-state index contributed by atoms with van der Waals surface area (Å²) in [5, 5.41) is 5.79. The van der Waals surface area contributed by atoms with Gasteiger partial charge in [0.15, 0.2) is 0 Å². The third-order valence-corrected chi connectivity index (χ3v) is 16.7. The van der Waals surface area contributed by atoms with Crippen LogP contribution in [0.2, 0.25) is 0 Å². The minimum Gasteiger partial charge on any atom is -0.418 e. The van der Waals surface area contributed by atoms with Gasteiger partial charge in [-0.2, -0.15) is 0 Å². The molecule has 0 saturated carbocycles. The first-order chi connectivity index (χ1) is 33.8. The van der Waals surface area contributed by atoms with Crippen LogP contribution in [0.5, 0.6) is 40.2 Å². The lowest BCUT2D eigenvalue weighted by atomic mass is 9.92. The summed E-state index contributed by atoms with van der Waals surface area (Å²) < 4.78 is 79.5. The van der Waals surface area contributed by atoms with Crippen LogP contribution in [0.3, 0.4) is 0 Å². The lowest BCUT2D eigenvalue weighted by molar-refractivity contribution is 0.193. The molecular weight excluding hydrogens is 964 g/mol. The first-order valence-corrected chi connectivity index (χ1v) is 27.8. The molecule has 11 rings (SSSR count). The van der Waals surface area contributed by atoms with Crippen LogP contribution in [0.15, 0.2) is 121 Å². The maximum absolute atomic E-state index is 6.94. The third-order valence-electron chi connectivity index (χ3n) is 11.5. The van der Waals surface area contributed by atoms with E-state index in [1.807, 2.05) is 165 Å². The predicted molar refractivity (Wildman–Crippen MR) is 279 cm³/mol. The van der Waals surface area contributed by atoms with Crippen molar-refractivity contribution in [2.24, 2.45) is 0 Å². The van der Waals surface area contributed by atoms with Gasteiger partial charge in [0.1, 0.15) is 46.0 Å². The molecule has 1 aliphatic carbocycles. The van der Waals surface area contributed by atoms with Gasteiger partial charge in [-0.05, 0) is 166 Å². The van der Waals surface area contributed by atoms with Crippen molar-refractivity contribution in [2.45, 2.75) is 92.6 Å². The van der Waals surface area contributed by atoms with Gasteiger partial charge in [-0.3, -0.25) is 18.1 Å². The molecule has 360 valence electrons. The number of hydrogen-bond acceptors (Lipinski definition) is 12. The fourth-order valence-electron chi connectivity index (χ4n) is 8.58. The number of rotatable bonds is 8. The second-order valence-electron chi connectivity index (χ2n) is 18.3. The molecule has 3 aliphatic heterocycles. The van der Waals surface area contributed by atoms with E-state index in [0.717, 1.165) is 65.7 Å². The molecule has 0 spiro atoms. The zero-order valence-electron chi connectivity index (χ0n) is 40.0. The summed E-state index contributed by atoms with van der Waals surface area (Å²) >= 11 is 0. The molecule has 4 aliphatic rings. The van der Waals surface area contributed by atoms with Crippen molar-refractivity contribution in [3.63, 3.8) is 0 Å². The van der Waals surface area contributed by atoms with Crippen LogP contribution in [0.4, 0.5) is 0 Å². The highest BCUT2D eigenvalue weighted by molar-refractivity contribution is 7.43. The van der Waals surface area contributed by atoms with E-state index in [9.17, 15) is 0 Å². The zero-order chi connectivity index (χ0) is 48.2. The molecule has 0 saturated heterocycles. The smallest absolute Gasteiger partial charge is 0.418 e. The van der Waals surface area contributed by atoms with Crippen molar-refractivity contribution in [1.29, 1.82) is 0 Å². The molecular formula is C54H52O12P4. The van der Waals surface area contributed by atoms with Gasteiger partial charge < -0.3 is 36.2 Å². The Hall–Kier alpha value is -5.24. The number of fused-ring (bicyclic) bond motifs is 4. The summed E-state index contributed by atoms with van der Waals surface area (Å²) in [5.74, 6) is 4.84. The van der Waals surface area contributed by atoms with Crippen LogP contribution in [0.25, 0.3) is 44.0 Å². The van der Waals surface area contributed by atoms with Gasteiger partial charge in [0.25, 0.3) is 0 Å². The molecule has 0 N–H and O–H groups in total. The van der Waals surface area contributed by atoms with Crippen molar-refractivity contribution >= 4 is 78.4 Å². The van der Waals surface area contributed by atoms with E-state index in [1.165, 1.54) is 0 Å². The Kier molecular flexibility index (Phi) is 13.3. The standard InChI is InChI=1S/C54H52O12P4/c1-31(2)55-67-59-39-17-11-36-14-22-52-46(42(36)26-39)29-47-43-28-41(19-13-37(43)15-23-53(47)65-70(64-52)58-34(7)8)61-68(56-32(3)4)62-50-20-9-35-10-21-51-49(45(50)25-35)30-48-44-27-40(60-67)18-12-38(44)16-24-54(48)66-69(63-51)57-33(5)6/h9-28,31-34H,29-30H2,1-8H3. The molecule has 4 unspecified atom stereocenters. The fourth-order valence-corrected chi connectivity index (χ4v) is 13.0. The van der Waals surface area contributed by atoms with Crippen molar-refractivity contribution in [3.8, 4) is 40.2 Å². The van der Waals surface area contributed by atoms with Gasteiger partial charge in [-0.15, -0.1) is 0 Å². The topological polar surface area (TPSA) is 111 Å². The van der Waals surface area contributed by atoms with E-state index >= 15 is 0 Å². The van der Waals surface area contributed by atoms with E-state index in [-0.39, 0.29) is 24.4 Å². The van der Waals surface area contributed by atoms with Crippen LogP contribution in [-0.4, -0.2) is 24.4 Å². The number of benzene rings is 7. The SMILES string of the molecule is CC(C)OP1Oc2ccc3ccc4c(c3c2)CC2=C(C=Cc3ccc(c2c3)OP(OC(C)C)Oc2ccc3ccc5c(c3c2)Cc2c(ccc3ccc(cc23)O1)OP(OC(C)C)O5)OP(OC(C)C)O4. The van der Waals surface area contributed by atoms with Crippen LogP contribution in [0.1, 0.15) is 83.2 Å². The Morgan fingerprint density at radius 1 is 0.371 bits per heavy atom. The zero-order valence-corrected chi connectivity index (χ0v) is 43.5. The first-order valence-electron chi connectivity index (χ1n) is 23.4. The first kappa shape index (κ1) is 47.1. The lowest BCUT2D eigenvalue weighted by Crippen LogP contribution is -2.11. The van der Waals surface area contributed by atoms with Gasteiger partial charge in [0.2, 0.25) is 0 Å². The molecule has 16 heteroatoms. The normalized spacial score (nSPS) is 19.4. The maximum atomic E-state index is 6.94. The third kappa shape index (κ3) is 9.99. The molecule has 7 aromatic carbocycles. The minimum absolute atomic E-state index is 0.158. The predicted octanol–water partition coefficient (Wildman–Crippen LogP) is 16.7. The van der Waals surface area contributed by atoms with Crippen LogP contribution >= 0.6 is 34.4 Å². The summed E-state index contributed by atoms with van der Waals surface area (Å²) in [4.78, 5) is 0. The van der Waals surface area contributed by atoms with Crippen molar-refractivity contribution in [1.82, 2.24) is 0 Å². The Morgan fingerprint density at radius 3 is 1.20 bits per heavy atom. The van der Waals surface area contributed by atoms with E-state index in [2.05, 4.69) is 12.1 Å². The highest BCUT2D eigenvalue weighted by Crippen LogP contribution is 2.55.